The van der Waals surface area contributed by atoms with Crippen molar-refractivity contribution in [2.24, 2.45) is 11.0 Å². The first-order valence-electron chi connectivity index (χ1n) is 10.4. The molecule has 0 N–H and O–H groups in total. The van der Waals surface area contributed by atoms with E-state index in [1.807, 2.05) is 30.3 Å². The van der Waals surface area contributed by atoms with Crippen LogP contribution < -0.4 is 4.74 Å². The predicted octanol–water partition coefficient (Wildman–Crippen LogP) is 3.61. The number of benzene rings is 1. The van der Waals surface area contributed by atoms with Crippen LogP contribution in [0.5, 0.6) is 5.75 Å². The lowest BCUT2D eigenvalue weighted by Gasteiger charge is -2.25. The normalized spacial score (nSPS) is 19.1. The number of nitrogens with zero attached hydrogens (tertiary/aromatic N) is 3. The van der Waals surface area contributed by atoms with E-state index in [1.165, 1.54) is 5.01 Å². The summed E-state index contributed by atoms with van der Waals surface area (Å²) in [6.45, 7) is 0.00589. The first kappa shape index (κ1) is 20.2. The van der Waals surface area contributed by atoms with Gasteiger partial charge in [-0.15, -0.1) is 0 Å². The summed E-state index contributed by atoms with van der Waals surface area (Å²) in [6.07, 6.45) is 6.14. The highest BCUT2D eigenvalue weighted by molar-refractivity contribution is 6.03. The molecule has 2 heterocycles. The minimum atomic E-state index is -0.320. The van der Waals surface area contributed by atoms with Crippen LogP contribution in [-0.2, 0) is 9.59 Å². The molecule has 7 nitrogen and oxygen atoms in total. The molecule has 1 saturated carbocycles. The third-order valence-electron chi connectivity index (χ3n) is 5.91. The molecular formula is C23H27N3O4. The van der Waals surface area contributed by atoms with Crippen LogP contribution in [0.2, 0.25) is 0 Å². The van der Waals surface area contributed by atoms with Crippen LogP contribution in [0, 0.1) is 5.92 Å². The first-order valence-corrected chi connectivity index (χ1v) is 10.4. The van der Waals surface area contributed by atoms with Crippen molar-refractivity contribution in [1.82, 2.24) is 9.91 Å². The number of likely N-dealkylation sites (N-methyl/N-ethyl adjacent to an activating group) is 1. The van der Waals surface area contributed by atoms with E-state index in [1.54, 1.807) is 31.4 Å². The Morgan fingerprint density at radius 2 is 1.93 bits per heavy atom. The minimum absolute atomic E-state index is 0.00589. The van der Waals surface area contributed by atoms with E-state index in [0.717, 1.165) is 42.7 Å². The van der Waals surface area contributed by atoms with Gasteiger partial charge in [-0.25, -0.2) is 5.01 Å². The molecule has 7 heteroatoms. The van der Waals surface area contributed by atoms with Gasteiger partial charge in [0.25, 0.3) is 5.91 Å². The summed E-state index contributed by atoms with van der Waals surface area (Å²) in [6, 6.07) is 10.9. The standard InChI is InChI=1S/C23H27N3O4/c1-25(23(28)17-6-3-4-7-17)15-22(27)26-20(21-8-5-13-30-21)14-19(24-26)16-9-11-18(29-2)12-10-16/h5,8-13,17,20H,3-4,6-7,14-15H2,1-2H3/t20-/m1/s1. The van der Waals surface area contributed by atoms with E-state index in [4.69, 9.17) is 9.15 Å². The smallest absolute Gasteiger partial charge is 0.262 e. The van der Waals surface area contributed by atoms with E-state index in [0.29, 0.717) is 12.2 Å². The highest BCUT2D eigenvalue weighted by Gasteiger charge is 2.36. The number of carbonyl (C=O) groups excluding carboxylic acids is 2. The molecule has 1 aliphatic heterocycles. The molecule has 4 rings (SSSR count). The molecule has 1 aliphatic carbocycles. The van der Waals surface area contributed by atoms with Crippen LogP contribution in [0.1, 0.15) is 49.5 Å². The minimum Gasteiger partial charge on any atom is -0.497 e. The molecular weight excluding hydrogens is 382 g/mol. The first-order chi connectivity index (χ1) is 14.6. The molecule has 2 aromatic rings. The summed E-state index contributed by atoms with van der Waals surface area (Å²) >= 11 is 0. The average Bonchev–Trinajstić information content (AvgIpc) is 3.54. The molecule has 0 spiro atoms. The quantitative estimate of drug-likeness (QED) is 0.730. The number of rotatable bonds is 6. The number of methoxy groups -OCH3 is 1. The second kappa shape index (κ2) is 8.73. The summed E-state index contributed by atoms with van der Waals surface area (Å²) < 4.78 is 10.8. The Hall–Kier alpha value is -3.09. The molecule has 2 aliphatic rings. The lowest BCUT2D eigenvalue weighted by atomic mass is 10.0. The van der Waals surface area contributed by atoms with E-state index < -0.39 is 0 Å². The van der Waals surface area contributed by atoms with Gasteiger partial charge in [-0.05, 0) is 54.8 Å². The molecule has 30 heavy (non-hydrogen) atoms. The number of hydrogen-bond donors (Lipinski definition) is 0. The van der Waals surface area contributed by atoms with E-state index in [-0.39, 0.29) is 30.3 Å². The van der Waals surface area contributed by atoms with Crippen molar-refractivity contribution in [3.8, 4) is 5.75 Å². The van der Waals surface area contributed by atoms with E-state index in [9.17, 15) is 9.59 Å². The number of hydrazone groups is 1. The summed E-state index contributed by atoms with van der Waals surface area (Å²) in [5.74, 6) is 1.32. The molecule has 0 unspecified atom stereocenters. The van der Waals surface area contributed by atoms with Gasteiger partial charge < -0.3 is 14.1 Å². The van der Waals surface area contributed by atoms with Crippen molar-refractivity contribution in [3.63, 3.8) is 0 Å². The number of carbonyl (C=O) groups is 2. The van der Waals surface area contributed by atoms with Crippen molar-refractivity contribution in [2.45, 2.75) is 38.1 Å². The van der Waals surface area contributed by atoms with Crippen molar-refractivity contribution in [3.05, 3.63) is 54.0 Å². The van der Waals surface area contributed by atoms with Crippen molar-refractivity contribution in [2.75, 3.05) is 20.7 Å². The largest absolute Gasteiger partial charge is 0.497 e. The second-order valence-corrected chi connectivity index (χ2v) is 7.92. The third kappa shape index (κ3) is 4.10. The molecule has 2 amide bonds. The van der Waals surface area contributed by atoms with Gasteiger partial charge in [0.05, 0.1) is 19.1 Å². The Balaban J connectivity index is 1.53. The molecule has 0 bridgehead atoms. The SMILES string of the molecule is COc1ccc(C2=NN(C(=O)CN(C)C(=O)C3CCCC3)[C@@H](c3ccco3)C2)cc1. The Bertz CT molecular complexity index is 914. The third-order valence-corrected chi connectivity index (χ3v) is 5.91. The highest BCUT2D eigenvalue weighted by atomic mass is 16.5. The molecule has 0 radical (unpaired) electrons. The summed E-state index contributed by atoms with van der Waals surface area (Å²) in [4.78, 5) is 27.3. The highest BCUT2D eigenvalue weighted by Crippen LogP contribution is 2.33. The van der Waals surface area contributed by atoms with Crippen LogP contribution in [-0.4, -0.2) is 48.1 Å². The fourth-order valence-electron chi connectivity index (χ4n) is 4.24. The van der Waals surface area contributed by atoms with Crippen LogP contribution in [0.25, 0.3) is 0 Å². The number of hydrogen-bond acceptors (Lipinski definition) is 5. The summed E-state index contributed by atoms with van der Waals surface area (Å²) in [5, 5.41) is 6.09. The Morgan fingerprint density at radius 1 is 1.20 bits per heavy atom. The molecule has 1 fully saturated rings. The fraction of sp³-hybridized carbons (Fsp3) is 0.435. The molecule has 158 valence electrons. The van der Waals surface area contributed by atoms with Gasteiger partial charge in [0.15, 0.2) is 0 Å². The molecule has 0 saturated heterocycles. The van der Waals surface area contributed by atoms with Gasteiger partial charge in [-0.3, -0.25) is 9.59 Å². The lowest BCUT2D eigenvalue weighted by molar-refractivity contribution is -0.142. The van der Waals surface area contributed by atoms with Gasteiger partial charge in [0, 0.05) is 19.4 Å². The molecule has 1 aromatic carbocycles. The van der Waals surface area contributed by atoms with Crippen LogP contribution in [0.4, 0.5) is 0 Å². The molecule has 1 aromatic heterocycles. The van der Waals surface area contributed by atoms with Crippen LogP contribution >= 0.6 is 0 Å². The Morgan fingerprint density at radius 3 is 2.57 bits per heavy atom. The van der Waals surface area contributed by atoms with Gasteiger partial charge in [0.2, 0.25) is 5.91 Å². The maximum Gasteiger partial charge on any atom is 0.262 e. The zero-order valence-corrected chi connectivity index (χ0v) is 17.4. The Labute approximate surface area is 176 Å². The fourth-order valence-corrected chi connectivity index (χ4v) is 4.24. The van der Waals surface area contributed by atoms with Gasteiger partial charge >= 0.3 is 0 Å². The number of ether oxygens (including phenoxy) is 1. The zero-order chi connectivity index (χ0) is 21.1. The van der Waals surface area contributed by atoms with E-state index >= 15 is 0 Å². The maximum absolute atomic E-state index is 13.1. The van der Waals surface area contributed by atoms with Crippen molar-refractivity contribution < 1.29 is 18.7 Å². The topological polar surface area (TPSA) is 75.3 Å². The molecule has 1 atom stereocenters. The number of furan rings is 1. The van der Waals surface area contributed by atoms with Crippen LogP contribution in [0.3, 0.4) is 0 Å². The second-order valence-electron chi connectivity index (χ2n) is 7.92. The number of amides is 2. The summed E-state index contributed by atoms with van der Waals surface area (Å²) in [5.41, 5.74) is 1.73. The monoisotopic (exact) mass is 409 g/mol. The maximum atomic E-state index is 13.1. The van der Waals surface area contributed by atoms with Crippen molar-refractivity contribution >= 4 is 17.5 Å². The van der Waals surface area contributed by atoms with Gasteiger partial charge in [-0.2, -0.15) is 5.10 Å². The van der Waals surface area contributed by atoms with Crippen LogP contribution in [0.15, 0.2) is 52.2 Å². The van der Waals surface area contributed by atoms with Crippen molar-refractivity contribution in [1.29, 1.82) is 0 Å². The zero-order valence-electron chi connectivity index (χ0n) is 17.4. The predicted molar refractivity (Wildman–Crippen MR) is 112 cm³/mol. The lowest BCUT2D eigenvalue weighted by Crippen LogP contribution is -2.41. The average molecular weight is 409 g/mol. The summed E-state index contributed by atoms with van der Waals surface area (Å²) in [7, 11) is 3.32. The Kier molecular flexibility index (Phi) is 5.88. The van der Waals surface area contributed by atoms with E-state index in [2.05, 4.69) is 5.10 Å². The van der Waals surface area contributed by atoms with Gasteiger partial charge in [0.1, 0.15) is 24.1 Å². The van der Waals surface area contributed by atoms with Gasteiger partial charge in [-0.1, -0.05) is 12.8 Å².